The van der Waals surface area contributed by atoms with Gasteiger partial charge in [-0.05, 0) is 31.0 Å². The summed E-state index contributed by atoms with van der Waals surface area (Å²) in [7, 11) is 0. The predicted octanol–water partition coefficient (Wildman–Crippen LogP) is 2.50. The number of hydrogen-bond acceptors (Lipinski definition) is 5. The van der Waals surface area contributed by atoms with Crippen LogP contribution >= 0.6 is 0 Å². The second kappa shape index (κ2) is 8.17. The van der Waals surface area contributed by atoms with Crippen LogP contribution in [0.15, 0.2) is 36.4 Å². The zero-order valence-electron chi connectivity index (χ0n) is 15.8. The summed E-state index contributed by atoms with van der Waals surface area (Å²) in [6, 6.07) is 12.2. The largest absolute Gasteiger partial charge is 0.368 e. The highest BCUT2D eigenvalue weighted by molar-refractivity contribution is 5.92. The monoisotopic (exact) mass is 353 g/mol. The number of amides is 1. The third-order valence-electron chi connectivity index (χ3n) is 4.43. The maximum atomic E-state index is 12.3. The Kier molecular flexibility index (Phi) is 5.71. The number of aromatic nitrogens is 2. The molecule has 1 aliphatic rings. The van der Waals surface area contributed by atoms with Crippen LogP contribution in [0.5, 0.6) is 0 Å². The van der Waals surface area contributed by atoms with Crippen LogP contribution < -0.4 is 15.1 Å². The lowest BCUT2D eigenvalue weighted by atomic mass is 10.2. The van der Waals surface area contributed by atoms with Crippen LogP contribution in [0, 0.1) is 12.8 Å². The first-order valence-electron chi connectivity index (χ1n) is 9.22. The second-order valence-corrected chi connectivity index (χ2v) is 7.11. The summed E-state index contributed by atoms with van der Waals surface area (Å²) in [6.45, 7) is 10.2. The van der Waals surface area contributed by atoms with E-state index < -0.39 is 0 Å². The van der Waals surface area contributed by atoms with Crippen molar-refractivity contribution in [1.29, 1.82) is 0 Å². The Morgan fingerprint density at radius 1 is 1.08 bits per heavy atom. The van der Waals surface area contributed by atoms with Crippen molar-refractivity contribution in [3.8, 4) is 0 Å². The van der Waals surface area contributed by atoms with Crippen molar-refractivity contribution in [3.63, 3.8) is 0 Å². The minimum absolute atomic E-state index is 0.131. The molecule has 6 nitrogen and oxygen atoms in total. The number of carbonyl (C=O) groups is 1. The van der Waals surface area contributed by atoms with Crippen LogP contribution in [0.25, 0.3) is 0 Å². The van der Waals surface area contributed by atoms with E-state index >= 15 is 0 Å². The molecule has 3 rings (SSSR count). The van der Waals surface area contributed by atoms with Gasteiger partial charge in [-0.3, -0.25) is 4.79 Å². The summed E-state index contributed by atoms with van der Waals surface area (Å²) < 4.78 is 0. The topological polar surface area (TPSA) is 61.4 Å². The number of nitrogens with zero attached hydrogens (tertiary/aromatic N) is 4. The second-order valence-electron chi connectivity index (χ2n) is 7.11. The third kappa shape index (κ3) is 4.50. The van der Waals surface area contributed by atoms with Gasteiger partial charge in [0.25, 0.3) is 5.91 Å². The third-order valence-corrected chi connectivity index (χ3v) is 4.43. The Labute approximate surface area is 155 Å². The fourth-order valence-electron chi connectivity index (χ4n) is 3.00. The molecule has 0 saturated carbocycles. The van der Waals surface area contributed by atoms with Gasteiger partial charge in [0.05, 0.1) is 0 Å². The first-order valence-corrected chi connectivity index (χ1v) is 9.22. The number of benzene rings is 1. The summed E-state index contributed by atoms with van der Waals surface area (Å²) in [4.78, 5) is 25.9. The van der Waals surface area contributed by atoms with Crippen LogP contribution in [0.2, 0.25) is 0 Å². The molecule has 1 aliphatic heterocycles. The zero-order chi connectivity index (χ0) is 18.5. The number of piperazine rings is 1. The van der Waals surface area contributed by atoms with E-state index in [0.29, 0.717) is 24.1 Å². The molecule has 0 radical (unpaired) electrons. The Morgan fingerprint density at radius 3 is 2.38 bits per heavy atom. The molecule has 1 N–H and O–H groups in total. The molecule has 1 saturated heterocycles. The summed E-state index contributed by atoms with van der Waals surface area (Å²) in [5.41, 5.74) is 2.50. The van der Waals surface area contributed by atoms with Gasteiger partial charge in [-0.25, -0.2) is 9.97 Å². The highest BCUT2D eigenvalue weighted by Crippen LogP contribution is 2.18. The molecule has 1 aromatic heterocycles. The Balaban J connectivity index is 1.67. The minimum Gasteiger partial charge on any atom is -0.368 e. The van der Waals surface area contributed by atoms with E-state index in [1.807, 2.05) is 13.0 Å². The van der Waals surface area contributed by atoms with Gasteiger partial charge in [0, 0.05) is 44.1 Å². The van der Waals surface area contributed by atoms with Gasteiger partial charge in [0.2, 0.25) is 5.95 Å². The molecule has 0 bridgehead atoms. The van der Waals surface area contributed by atoms with Crippen molar-refractivity contribution < 1.29 is 4.79 Å². The van der Waals surface area contributed by atoms with Crippen LogP contribution in [0.1, 0.15) is 30.0 Å². The van der Waals surface area contributed by atoms with Gasteiger partial charge in [0.1, 0.15) is 5.69 Å². The van der Waals surface area contributed by atoms with E-state index in [-0.39, 0.29) is 5.91 Å². The van der Waals surface area contributed by atoms with Crippen LogP contribution in [-0.2, 0) is 0 Å². The van der Waals surface area contributed by atoms with Gasteiger partial charge in [-0.1, -0.05) is 32.0 Å². The zero-order valence-corrected chi connectivity index (χ0v) is 15.8. The molecule has 2 heterocycles. The van der Waals surface area contributed by atoms with Crippen molar-refractivity contribution in [2.75, 3.05) is 42.5 Å². The van der Waals surface area contributed by atoms with Crippen molar-refractivity contribution in [1.82, 2.24) is 15.3 Å². The summed E-state index contributed by atoms with van der Waals surface area (Å²) in [5.74, 6) is 0.924. The van der Waals surface area contributed by atoms with Crippen LogP contribution in [0.3, 0.4) is 0 Å². The molecule has 1 fully saturated rings. The lowest BCUT2D eigenvalue weighted by molar-refractivity contribution is 0.0944. The number of carbonyl (C=O) groups excluding carboxylic acids is 1. The van der Waals surface area contributed by atoms with Crippen molar-refractivity contribution in [3.05, 3.63) is 47.8 Å². The van der Waals surface area contributed by atoms with Gasteiger partial charge in [-0.2, -0.15) is 0 Å². The molecule has 0 aliphatic carbocycles. The van der Waals surface area contributed by atoms with E-state index in [2.05, 4.69) is 63.2 Å². The highest BCUT2D eigenvalue weighted by atomic mass is 16.1. The summed E-state index contributed by atoms with van der Waals surface area (Å²) in [6.07, 6.45) is 0. The number of nitrogens with one attached hydrogen (secondary N) is 1. The van der Waals surface area contributed by atoms with E-state index in [9.17, 15) is 4.79 Å². The molecular formula is C20H27N5O. The Morgan fingerprint density at radius 2 is 1.73 bits per heavy atom. The fraction of sp³-hybridized carbons (Fsp3) is 0.450. The lowest BCUT2D eigenvalue weighted by Gasteiger charge is -2.36. The van der Waals surface area contributed by atoms with Gasteiger partial charge in [-0.15, -0.1) is 0 Å². The molecule has 138 valence electrons. The van der Waals surface area contributed by atoms with E-state index in [1.165, 1.54) is 5.69 Å². The predicted molar refractivity (Wildman–Crippen MR) is 105 cm³/mol. The van der Waals surface area contributed by atoms with E-state index in [1.54, 1.807) is 6.07 Å². The first-order chi connectivity index (χ1) is 12.5. The molecule has 1 aromatic carbocycles. The molecule has 0 spiro atoms. The van der Waals surface area contributed by atoms with Crippen molar-refractivity contribution >= 4 is 17.5 Å². The highest BCUT2D eigenvalue weighted by Gasteiger charge is 2.21. The Hall–Kier alpha value is -2.63. The maximum absolute atomic E-state index is 12.3. The van der Waals surface area contributed by atoms with E-state index in [0.717, 1.165) is 31.9 Å². The molecule has 0 atom stereocenters. The van der Waals surface area contributed by atoms with E-state index in [4.69, 9.17) is 0 Å². The molecular weight excluding hydrogens is 326 g/mol. The quantitative estimate of drug-likeness (QED) is 0.895. The smallest absolute Gasteiger partial charge is 0.270 e. The molecule has 0 unspecified atom stereocenters. The molecule has 1 amide bonds. The SMILES string of the molecule is Cc1cc(C(=O)NCC(C)C)nc(N2CCN(c3ccccc3)CC2)n1. The van der Waals surface area contributed by atoms with Crippen molar-refractivity contribution in [2.24, 2.45) is 5.92 Å². The molecule has 2 aromatic rings. The average Bonchev–Trinajstić information content (AvgIpc) is 2.66. The normalized spacial score (nSPS) is 14.6. The minimum atomic E-state index is -0.131. The van der Waals surface area contributed by atoms with Gasteiger partial charge in [0.15, 0.2) is 0 Å². The summed E-state index contributed by atoms with van der Waals surface area (Å²) >= 11 is 0. The number of rotatable bonds is 5. The number of para-hydroxylation sites is 1. The lowest BCUT2D eigenvalue weighted by Crippen LogP contribution is -2.47. The number of anilines is 2. The van der Waals surface area contributed by atoms with Crippen LogP contribution in [-0.4, -0.2) is 48.6 Å². The number of aryl methyl sites for hydroxylation is 1. The summed E-state index contributed by atoms with van der Waals surface area (Å²) in [5, 5.41) is 2.93. The van der Waals surface area contributed by atoms with Crippen LogP contribution in [0.4, 0.5) is 11.6 Å². The maximum Gasteiger partial charge on any atom is 0.270 e. The Bertz CT molecular complexity index is 739. The average molecular weight is 353 g/mol. The van der Waals surface area contributed by atoms with Crippen molar-refractivity contribution in [2.45, 2.75) is 20.8 Å². The fourth-order valence-corrected chi connectivity index (χ4v) is 3.00. The molecule has 6 heteroatoms. The van der Waals surface area contributed by atoms with Gasteiger partial charge < -0.3 is 15.1 Å². The number of hydrogen-bond donors (Lipinski definition) is 1. The molecule has 26 heavy (non-hydrogen) atoms. The first kappa shape index (κ1) is 18.2. The van der Waals surface area contributed by atoms with Gasteiger partial charge >= 0.3 is 0 Å². The standard InChI is InChI=1S/C20H27N5O/c1-15(2)14-21-19(26)18-13-16(3)22-20(23-18)25-11-9-24(10-12-25)17-7-5-4-6-8-17/h4-8,13,15H,9-12,14H2,1-3H3,(H,21,26).